The molecule has 1 amide bonds. The monoisotopic (exact) mass is 393 g/mol. The Hall–Kier alpha value is -1.25. The van der Waals surface area contributed by atoms with Crippen molar-refractivity contribution in [3.63, 3.8) is 0 Å². The summed E-state index contributed by atoms with van der Waals surface area (Å²) in [4.78, 5) is 13.2. The molecule has 0 fully saturated rings. The average molecular weight is 393 g/mol. The van der Waals surface area contributed by atoms with Crippen LogP contribution >= 0.6 is 0 Å². The normalized spacial score (nSPS) is 17.3. The van der Waals surface area contributed by atoms with E-state index in [1.54, 1.807) is 31.2 Å². The van der Waals surface area contributed by atoms with E-state index in [2.05, 4.69) is 12.0 Å². The second-order valence-electron chi connectivity index (χ2n) is 4.99. The van der Waals surface area contributed by atoms with E-state index in [1.165, 1.54) is 0 Å². The molecular formula is C17H16F2NO2Y-. The number of amides is 1. The Kier molecular flexibility index (Phi) is 7.88. The number of allylic oxidation sites excluding steroid dienone is 1. The van der Waals surface area contributed by atoms with Crippen LogP contribution in [0.1, 0.15) is 18.9 Å². The summed E-state index contributed by atoms with van der Waals surface area (Å²) in [6.07, 6.45) is 5.99. The Morgan fingerprint density at radius 3 is 2.65 bits per heavy atom. The standard InChI is InChI=1S/C17H16F2NO2.Y/c1-3-10-22-14-7-5-13(6-8-14)15-9-4-12(2)17(21)20(15)11-16(18)19;/h1,5-8,12,16H,4,10-11H2,2H3;/q-1;. The first-order chi connectivity index (χ1) is 10.5. The molecule has 0 saturated heterocycles. The molecule has 1 radical (unpaired) electrons. The topological polar surface area (TPSA) is 29.5 Å². The van der Waals surface area contributed by atoms with E-state index in [0.717, 1.165) is 4.90 Å². The van der Waals surface area contributed by atoms with Crippen LogP contribution in [-0.4, -0.2) is 30.4 Å². The number of halogens is 2. The first kappa shape index (κ1) is 19.8. The molecule has 2 rings (SSSR count). The Morgan fingerprint density at radius 1 is 1.43 bits per heavy atom. The molecule has 1 aromatic carbocycles. The van der Waals surface area contributed by atoms with Gasteiger partial charge in [-0.25, -0.2) is 14.9 Å². The van der Waals surface area contributed by atoms with Crippen LogP contribution in [0.2, 0.25) is 0 Å². The molecule has 1 atom stereocenters. The Bertz CT molecular complexity index is 608. The molecule has 119 valence electrons. The minimum atomic E-state index is -2.59. The number of rotatable bonds is 5. The molecule has 1 aromatic rings. The predicted molar refractivity (Wildman–Crippen MR) is 78.9 cm³/mol. The smallest absolute Gasteiger partial charge is 0.256 e. The van der Waals surface area contributed by atoms with E-state index in [4.69, 9.17) is 11.2 Å². The second kappa shape index (κ2) is 9.15. The van der Waals surface area contributed by atoms with Gasteiger partial charge >= 0.3 is 0 Å². The van der Waals surface area contributed by atoms with Crippen LogP contribution in [0, 0.1) is 24.3 Å². The fourth-order valence-electron chi connectivity index (χ4n) is 2.22. The van der Waals surface area contributed by atoms with Gasteiger partial charge in [-0.15, -0.1) is 24.3 Å². The van der Waals surface area contributed by atoms with E-state index >= 15 is 0 Å². The average Bonchev–Trinajstić information content (AvgIpc) is 2.50. The molecule has 0 aliphatic carbocycles. The van der Waals surface area contributed by atoms with Crippen LogP contribution in [0.25, 0.3) is 5.70 Å². The van der Waals surface area contributed by atoms with Gasteiger partial charge in [0.05, 0.1) is 6.54 Å². The molecule has 0 aromatic heterocycles. The zero-order valence-corrected chi connectivity index (χ0v) is 15.6. The van der Waals surface area contributed by atoms with Crippen molar-refractivity contribution < 1.29 is 51.0 Å². The van der Waals surface area contributed by atoms with Crippen LogP contribution in [0.4, 0.5) is 8.78 Å². The van der Waals surface area contributed by atoms with Crippen molar-refractivity contribution in [1.29, 1.82) is 0 Å². The summed E-state index contributed by atoms with van der Waals surface area (Å²) < 4.78 is 30.7. The van der Waals surface area contributed by atoms with Gasteiger partial charge in [0, 0.05) is 38.6 Å². The molecule has 23 heavy (non-hydrogen) atoms. The van der Waals surface area contributed by atoms with Gasteiger partial charge in [-0.1, -0.05) is 19.3 Å². The van der Waals surface area contributed by atoms with Crippen molar-refractivity contribution in [2.45, 2.75) is 19.8 Å². The maximum absolute atomic E-state index is 12.7. The number of carbonyl (C=O) groups is 1. The Labute approximate surface area is 159 Å². The number of carbonyl (C=O) groups excluding carboxylic acids is 1. The maximum atomic E-state index is 12.7. The van der Waals surface area contributed by atoms with Gasteiger partial charge in [-0.3, -0.25) is 4.79 Å². The van der Waals surface area contributed by atoms with E-state index in [0.29, 0.717) is 23.4 Å². The molecule has 3 nitrogen and oxygen atoms in total. The number of alkyl halides is 2. The quantitative estimate of drug-likeness (QED) is 0.569. The number of hydrogen-bond acceptors (Lipinski definition) is 2. The van der Waals surface area contributed by atoms with Crippen molar-refractivity contribution >= 4 is 11.6 Å². The fraction of sp³-hybridized carbons (Fsp3) is 0.353. The molecule has 0 N–H and O–H groups in total. The van der Waals surface area contributed by atoms with Crippen LogP contribution in [-0.2, 0) is 37.5 Å². The van der Waals surface area contributed by atoms with Crippen molar-refractivity contribution in [2.75, 3.05) is 13.2 Å². The first-order valence-corrected chi connectivity index (χ1v) is 6.90. The number of ether oxygens (including phenoxy) is 1. The minimum absolute atomic E-state index is 0. The number of nitrogens with zero attached hydrogens (tertiary/aromatic N) is 1. The summed E-state index contributed by atoms with van der Waals surface area (Å²) in [5.74, 6) is 2.30. The third kappa shape index (κ3) is 5.12. The molecule has 1 unspecified atom stereocenters. The number of benzene rings is 1. The van der Waals surface area contributed by atoms with Crippen molar-refractivity contribution in [2.24, 2.45) is 5.92 Å². The fourth-order valence-corrected chi connectivity index (χ4v) is 2.22. The number of hydrogen-bond donors (Lipinski definition) is 0. The largest absolute Gasteiger partial charge is 0.481 e. The van der Waals surface area contributed by atoms with E-state index in [9.17, 15) is 13.6 Å². The second-order valence-corrected chi connectivity index (χ2v) is 4.99. The zero-order chi connectivity index (χ0) is 16.1. The summed E-state index contributed by atoms with van der Waals surface area (Å²) in [5.41, 5.74) is 1.04. The third-order valence-electron chi connectivity index (χ3n) is 3.30. The van der Waals surface area contributed by atoms with Crippen LogP contribution in [0.5, 0.6) is 5.75 Å². The summed E-state index contributed by atoms with van der Waals surface area (Å²) in [7, 11) is 0. The van der Waals surface area contributed by atoms with Crippen molar-refractivity contribution in [3.05, 3.63) is 35.9 Å². The summed E-state index contributed by atoms with van der Waals surface area (Å²) in [5, 5.41) is 0. The van der Waals surface area contributed by atoms with Crippen LogP contribution < -0.4 is 4.74 Å². The zero-order valence-electron chi connectivity index (χ0n) is 12.8. The van der Waals surface area contributed by atoms with Gasteiger partial charge in [0.2, 0.25) is 5.91 Å². The molecule has 0 spiro atoms. The molecular weight excluding hydrogens is 377 g/mol. The van der Waals surface area contributed by atoms with E-state index in [-0.39, 0.29) is 51.1 Å². The molecule has 1 aliphatic heterocycles. The third-order valence-corrected chi connectivity index (χ3v) is 3.30. The molecule has 1 aliphatic rings. The minimum Gasteiger partial charge on any atom is -0.481 e. The van der Waals surface area contributed by atoms with Crippen LogP contribution in [0.3, 0.4) is 0 Å². The molecule has 6 heteroatoms. The molecule has 0 bridgehead atoms. The molecule has 1 heterocycles. The van der Waals surface area contributed by atoms with Gasteiger partial charge in [0.15, 0.2) is 0 Å². The summed E-state index contributed by atoms with van der Waals surface area (Å²) >= 11 is 0. The van der Waals surface area contributed by atoms with E-state index < -0.39 is 13.0 Å². The van der Waals surface area contributed by atoms with Gasteiger partial charge in [0.25, 0.3) is 6.43 Å². The van der Waals surface area contributed by atoms with Gasteiger partial charge in [-0.2, -0.15) is 5.56 Å². The predicted octanol–water partition coefficient (Wildman–Crippen LogP) is 2.97. The Balaban J connectivity index is 0.00000264. The molecule has 0 saturated carbocycles. The summed E-state index contributed by atoms with van der Waals surface area (Å²) in [6, 6.07) is 6.78. The maximum Gasteiger partial charge on any atom is 0.256 e. The van der Waals surface area contributed by atoms with E-state index in [1.807, 2.05) is 0 Å². The first-order valence-electron chi connectivity index (χ1n) is 6.90. The Morgan fingerprint density at radius 2 is 2.09 bits per heavy atom. The van der Waals surface area contributed by atoms with Crippen molar-refractivity contribution in [3.8, 4) is 18.1 Å². The van der Waals surface area contributed by atoms with Gasteiger partial charge in [0.1, 0.15) is 12.4 Å². The van der Waals surface area contributed by atoms with Gasteiger partial charge < -0.3 is 9.64 Å². The van der Waals surface area contributed by atoms with Crippen LogP contribution in [0.15, 0.2) is 24.3 Å². The summed E-state index contributed by atoms with van der Waals surface area (Å²) in [6.45, 7) is 1.24. The SMILES string of the molecule is C#CCOc1ccc(C2=[C-]CC(C)C(=O)N2CC(F)F)cc1.[Y]. The number of terminal acetylenes is 1. The van der Waals surface area contributed by atoms with Crippen molar-refractivity contribution in [1.82, 2.24) is 4.90 Å². The van der Waals surface area contributed by atoms with Gasteiger partial charge in [-0.05, 0) is 12.1 Å².